The summed E-state index contributed by atoms with van der Waals surface area (Å²) in [4.78, 5) is 0. The van der Waals surface area contributed by atoms with Crippen LogP contribution in [-0.4, -0.2) is 0 Å². The molecule has 2 N–H and O–H groups in total. The van der Waals surface area contributed by atoms with Gasteiger partial charge in [-0.05, 0) is 36.6 Å². The van der Waals surface area contributed by atoms with E-state index >= 15 is 0 Å². The van der Waals surface area contributed by atoms with Crippen molar-refractivity contribution < 1.29 is 0 Å². The molecule has 1 aromatic rings. The molecule has 0 aliphatic heterocycles. The summed E-state index contributed by atoms with van der Waals surface area (Å²) in [6, 6.07) is 5.98. The second-order valence-electron chi connectivity index (χ2n) is 2.99. The molecule has 1 nitrogen and oxygen atoms in total. The number of benzene rings is 1. The lowest BCUT2D eigenvalue weighted by atomic mass is 10.0. The monoisotopic (exact) mass is 183 g/mol. The zero-order valence-electron chi connectivity index (χ0n) is 7.47. The van der Waals surface area contributed by atoms with Gasteiger partial charge in [-0.1, -0.05) is 24.6 Å². The Kier molecular flexibility index (Phi) is 3.12. The number of hydrogen-bond donors (Lipinski definition) is 1. The smallest absolute Gasteiger partial charge is 0.0408 e. The van der Waals surface area contributed by atoms with E-state index in [0.717, 1.165) is 11.4 Å². The normalized spacial score (nSPS) is 13.0. The number of hydrogen-bond acceptors (Lipinski definition) is 1. The SMILES string of the molecule is CCc1cc(Cl)ccc1[C@H](C)N. The topological polar surface area (TPSA) is 26.0 Å². The third-order valence-electron chi connectivity index (χ3n) is 1.98. The minimum Gasteiger partial charge on any atom is -0.324 e. The lowest BCUT2D eigenvalue weighted by Crippen LogP contribution is -2.07. The maximum absolute atomic E-state index is 5.86. The third-order valence-corrected chi connectivity index (χ3v) is 2.21. The van der Waals surface area contributed by atoms with Crippen molar-refractivity contribution in [1.29, 1.82) is 0 Å². The molecule has 1 aromatic carbocycles. The molecular formula is C10H14ClN. The fraction of sp³-hybridized carbons (Fsp3) is 0.400. The quantitative estimate of drug-likeness (QED) is 0.750. The molecule has 12 heavy (non-hydrogen) atoms. The zero-order valence-corrected chi connectivity index (χ0v) is 8.23. The van der Waals surface area contributed by atoms with Gasteiger partial charge in [0.1, 0.15) is 0 Å². The van der Waals surface area contributed by atoms with E-state index in [1.54, 1.807) is 0 Å². The van der Waals surface area contributed by atoms with Crippen LogP contribution >= 0.6 is 11.6 Å². The standard InChI is InChI=1S/C10H14ClN/c1-3-8-6-9(11)4-5-10(8)7(2)12/h4-7H,3,12H2,1-2H3/t7-/m0/s1. The minimum atomic E-state index is 0.0946. The van der Waals surface area contributed by atoms with E-state index in [2.05, 4.69) is 6.92 Å². The van der Waals surface area contributed by atoms with E-state index < -0.39 is 0 Å². The molecular weight excluding hydrogens is 170 g/mol. The van der Waals surface area contributed by atoms with Crippen molar-refractivity contribution in [2.75, 3.05) is 0 Å². The highest BCUT2D eigenvalue weighted by Gasteiger charge is 2.04. The second-order valence-corrected chi connectivity index (χ2v) is 3.42. The first kappa shape index (κ1) is 9.56. The largest absolute Gasteiger partial charge is 0.324 e. The van der Waals surface area contributed by atoms with E-state index in [1.807, 2.05) is 25.1 Å². The van der Waals surface area contributed by atoms with Gasteiger partial charge in [0.25, 0.3) is 0 Å². The Hall–Kier alpha value is -0.530. The molecule has 0 fully saturated rings. The Labute approximate surface area is 78.5 Å². The Bertz CT molecular complexity index is 269. The van der Waals surface area contributed by atoms with E-state index in [9.17, 15) is 0 Å². The van der Waals surface area contributed by atoms with E-state index in [4.69, 9.17) is 17.3 Å². The third kappa shape index (κ3) is 1.99. The molecule has 0 bridgehead atoms. The van der Waals surface area contributed by atoms with Crippen molar-refractivity contribution in [3.8, 4) is 0 Å². The molecule has 0 saturated heterocycles. The van der Waals surface area contributed by atoms with Gasteiger partial charge in [0.05, 0.1) is 0 Å². The molecule has 0 radical (unpaired) electrons. The first-order valence-electron chi connectivity index (χ1n) is 4.19. The van der Waals surface area contributed by atoms with Crippen LogP contribution in [0.5, 0.6) is 0 Å². The Morgan fingerprint density at radius 2 is 2.17 bits per heavy atom. The summed E-state index contributed by atoms with van der Waals surface area (Å²) >= 11 is 5.86. The van der Waals surface area contributed by atoms with Crippen LogP contribution in [0.4, 0.5) is 0 Å². The number of halogens is 1. The van der Waals surface area contributed by atoms with Gasteiger partial charge >= 0.3 is 0 Å². The molecule has 66 valence electrons. The number of nitrogens with two attached hydrogens (primary N) is 1. The van der Waals surface area contributed by atoms with Crippen LogP contribution in [0, 0.1) is 0 Å². The molecule has 1 rings (SSSR count). The molecule has 0 aliphatic rings. The summed E-state index contributed by atoms with van der Waals surface area (Å²) in [6.45, 7) is 4.10. The first-order valence-corrected chi connectivity index (χ1v) is 4.56. The van der Waals surface area contributed by atoms with Crippen LogP contribution in [0.15, 0.2) is 18.2 Å². The summed E-state index contributed by atoms with van der Waals surface area (Å²) in [5.41, 5.74) is 8.24. The maximum Gasteiger partial charge on any atom is 0.0408 e. The zero-order chi connectivity index (χ0) is 9.14. The van der Waals surface area contributed by atoms with Crippen molar-refractivity contribution in [1.82, 2.24) is 0 Å². The van der Waals surface area contributed by atoms with Crippen LogP contribution in [0.3, 0.4) is 0 Å². The predicted molar refractivity (Wildman–Crippen MR) is 53.4 cm³/mol. The van der Waals surface area contributed by atoms with E-state index in [0.29, 0.717) is 0 Å². The Balaban J connectivity index is 3.11. The van der Waals surface area contributed by atoms with Crippen LogP contribution in [0.2, 0.25) is 5.02 Å². The fourth-order valence-corrected chi connectivity index (χ4v) is 1.52. The number of aryl methyl sites for hydroxylation is 1. The summed E-state index contributed by atoms with van der Waals surface area (Å²) < 4.78 is 0. The van der Waals surface area contributed by atoms with Crippen molar-refractivity contribution in [3.05, 3.63) is 34.3 Å². The van der Waals surface area contributed by atoms with Gasteiger partial charge in [-0.3, -0.25) is 0 Å². The lowest BCUT2D eigenvalue weighted by molar-refractivity contribution is 0.801. The van der Waals surface area contributed by atoms with Gasteiger partial charge in [-0.25, -0.2) is 0 Å². The maximum atomic E-state index is 5.86. The number of rotatable bonds is 2. The van der Waals surface area contributed by atoms with Crippen molar-refractivity contribution in [3.63, 3.8) is 0 Å². The van der Waals surface area contributed by atoms with Crippen molar-refractivity contribution >= 4 is 11.6 Å². The Morgan fingerprint density at radius 1 is 1.50 bits per heavy atom. The molecule has 0 aromatic heterocycles. The highest BCUT2D eigenvalue weighted by atomic mass is 35.5. The van der Waals surface area contributed by atoms with Gasteiger partial charge < -0.3 is 5.73 Å². The summed E-state index contributed by atoms with van der Waals surface area (Å²) in [5, 5.41) is 0.788. The van der Waals surface area contributed by atoms with Crippen LogP contribution in [0.1, 0.15) is 31.0 Å². The molecule has 2 heteroatoms. The first-order chi connectivity index (χ1) is 5.65. The van der Waals surface area contributed by atoms with Crippen molar-refractivity contribution in [2.45, 2.75) is 26.3 Å². The average molecular weight is 184 g/mol. The lowest BCUT2D eigenvalue weighted by Gasteiger charge is -2.11. The highest BCUT2D eigenvalue weighted by molar-refractivity contribution is 6.30. The molecule has 0 saturated carbocycles. The van der Waals surface area contributed by atoms with Gasteiger partial charge in [-0.2, -0.15) is 0 Å². The van der Waals surface area contributed by atoms with E-state index in [-0.39, 0.29) is 6.04 Å². The molecule has 0 amide bonds. The van der Waals surface area contributed by atoms with E-state index in [1.165, 1.54) is 11.1 Å². The summed E-state index contributed by atoms with van der Waals surface area (Å²) in [6.07, 6.45) is 0.984. The predicted octanol–water partition coefficient (Wildman–Crippen LogP) is 2.92. The molecule has 0 aliphatic carbocycles. The van der Waals surface area contributed by atoms with Gasteiger partial charge in [0, 0.05) is 11.1 Å². The second kappa shape index (κ2) is 3.92. The van der Waals surface area contributed by atoms with Gasteiger partial charge in [-0.15, -0.1) is 0 Å². The molecule has 0 spiro atoms. The van der Waals surface area contributed by atoms with Crippen LogP contribution < -0.4 is 5.73 Å². The highest BCUT2D eigenvalue weighted by Crippen LogP contribution is 2.20. The van der Waals surface area contributed by atoms with Crippen molar-refractivity contribution in [2.24, 2.45) is 5.73 Å². The van der Waals surface area contributed by atoms with Gasteiger partial charge in [0.15, 0.2) is 0 Å². The fourth-order valence-electron chi connectivity index (χ4n) is 1.32. The Morgan fingerprint density at radius 3 is 2.67 bits per heavy atom. The van der Waals surface area contributed by atoms with Gasteiger partial charge in [0.2, 0.25) is 0 Å². The minimum absolute atomic E-state index is 0.0946. The van der Waals surface area contributed by atoms with Crippen LogP contribution in [-0.2, 0) is 6.42 Å². The molecule has 0 heterocycles. The summed E-state index contributed by atoms with van der Waals surface area (Å²) in [5.74, 6) is 0. The molecule has 1 atom stereocenters. The van der Waals surface area contributed by atoms with Crippen LogP contribution in [0.25, 0.3) is 0 Å². The average Bonchev–Trinajstić information content (AvgIpc) is 2.03. The molecule has 0 unspecified atom stereocenters. The summed E-state index contributed by atoms with van der Waals surface area (Å²) in [7, 11) is 0.